The maximum Gasteiger partial charge on any atom is 0.338 e. The van der Waals surface area contributed by atoms with Gasteiger partial charge in [-0.2, -0.15) is 0 Å². The minimum absolute atomic E-state index is 0.286. The van der Waals surface area contributed by atoms with Gasteiger partial charge in [-0.3, -0.25) is 0 Å². The Morgan fingerprint density at radius 3 is 2.27 bits per heavy atom. The van der Waals surface area contributed by atoms with Crippen molar-refractivity contribution in [3.05, 3.63) is 64.9 Å². The van der Waals surface area contributed by atoms with E-state index in [2.05, 4.69) is 20.6 Å². The van der Waals surface area contributed by atoms with Gasteiger partial charge in [-0.1, -0.05) is 31.5 Å². The number of hydrogen-bond donors (Lipinski definition) is 3. The summed E-state index contributed by atoms with van der Waals surface area (Å²) in [5, 5.41) is 6.94. The fraction of sp³-hybridized carbons (Fsp3) is 0.227. The van der Waals surface area contributed by atoms with Crippen molar-refractivity contribution in [1.29, 1.82) is 0 Å². The van der Waals surface area contributed by atoms with E-state index in [1.807, 2.05) is 39.0 Å². The molecule has 0 aliphatic rings. The van der Waals surface area contributed by atoms with Gasteiger partial charge in [0.1, 0.15) is 12.0 Å². The highest BCUT2D eigenvalue weighted by molar-refractivity contribution is 6.31. The van der Waals surface area contributed by atoms with Crippen LogP contribution in [0.5, 0.6) is 0 Å². The molecule has 1 heterocycles. The van der Waals surface area contributed by atoms with Crippen molar-refractivity contribution in [2.75, 3.05) is 23.0 Å². The number of hydrogen-bond acceptors (Lipinski definition) is 7. The molecule has 0 spiro atoms. The fourth-order valence-electron chi connectivity index (χ4n) is 2.55. The number of esters is 1. The van der Waals surface area contributed by atoms with Crippen LogP contribution >= 0.6 is 11.6 Å². The molecule has 8 heteroatoms. The van der Waals surface area contributed by atoms with Crippen LogP contribution in [-0.2, 0) is 4.74 Å². The zero-order valence-corrected chi connectivity index (χ0v) is 17.8. The summed E-state index contributed by atoms with van der Waals surface area (Å²) in [6, 6.07) is 12.5. The Hall–Kier alpha value is -3.32. The molecule has 4 N–H and O–H groups in total. The van der Waals surface area contributed by atoms with E-state index in [9.17, 15) is 4.79 Å². The number of ether oxygens (including phenoxy) is 1. The molecule has 0 aliphatic carbocycles. The molecule has 0 unspecified atom stereocenters. The van der Waals surface area contributed by atoms with E-state index in [0.29, 0.717) is 34.5 Å². The van der Waals surface area contributed by atoms with E-state index in [1.165, 1.54) is 6.33 Å². The van der Waals surface area contributed by atoms with E-state index >= 15 is 0 Å². The Kier molecular flexibility index (Phi) is 6.74. The molecule has 2 aromatic carbocycles. The Morgan fingerprint density at radius 1 is 1.07 bits per heavy atom. The second kappa shape index (κ2) is 9.45. The highest BCUT2D eigenvalue weighted by Gasteiger charge is 2.11. The largest absolute Gasteiger partial charge is 0.462 e. The first kappa shape index (κ1) is 21.4. The minimum Gasteiger partial charge on any atom is -0.462 e. The van der Waals surface area contributed by atoms with Crippen molar-refractivity contribution in [2.24, 2.45) is 5.92 Å². The maximum absolute atomic E-state index is 12.0. The molecule has 0 aliphatic heterocycles. The molecule has 1 aromatic heterocycles. The van der Waals surface area contributed by atoms with Gasteiger partial charge in [0.25, 0.3) is 0 Å². The number of aryl methyl sites for hydroxylation is 1. The molecule has 0 saturated heterocycles. The van der Waals surface area contributed by atoms with Gasteiger partial charge in [-0.15, -0.1) is 0 Å². The highest BCUT2D eigenvalue weighted by Crippen LogP contribution is 2.29. The average molecular weight is 426 g/mol. The summed E-state index contributed by atoms with van der Waals surface area (Å²) in [6.45, 7) is 6.30. The first-order valence-electron chi connectivity index (χ1n) is 9.51. The second-order valence-electron chi connectivity index (χ2n) is 7.27. The fourth-order valence-corrected chi connectivity index (χ4v) is 2.73. The average Bonchev–Trinajstić information content (AvgIpc) is 2.72. The first-order valence-corrected chi connectivity index (χ1v) is 9.89. The standard InChI is InChI=1S/C22H24ClN5O2/c1-13(2)11-30-22(29)15-5-8-16(9-6-15)27-20-19(24)21(26-12-25-20)28-17-7-4-14(3)18(23)10-17/h4-10,12-13H,11,24H2,1-3H3,(H2,25,26,27,28). The third-order valence-corrected chi connectivity index (χ3v) is 4.66. The molecule has 0 radical (unpaired) electrons. The number of anilines is 5. The summed E-state index contributed by atoms with van der Waals surface area (Å²) in [6.07, 6.45) is 1.41. The molecule has 156 valence electrons. The first-order chi connectivity index (χ1) is 14.3. The van der Waals surface area contributed by atoms with Crippen LogP contribution in [0.25, 0.3) is 0 Å². The van der Waals surface area contributed by atoms with Gasteiger partial charge in [-0.05, 0) is 54.8 Å². The topological polar surface area (TPSA) is 102 Å². The molecule has 0 amide bonds. The van der Waals surface area contributed by atoms with Crippen LogP contribution in [0.2, 0.25) is 5.02 Å². The number of nitrogens with two attached hydrogens (primary N) is 1. The predicted molar refractivity (Wildman–Crippen MR) is 121 cm³/mol. The third-order valence-electron chi connectivity index (χ3n) is 4.25. The Labute approximate surface area is 180 Å². The van der Waals surface area contributed by atoms with E-state index in [4.69, 9.17) is 22.1 Å². The van der Waals surface area contributed by atoms with Gasteiger partial charge in [-0.25, -0.2) is 14.8 Å². The van der Waals surface area contributed by atoms with Crippen molar-refractivity contribution in [2.45, 2.75) is 20.8 Å². The molecule has 0 fully saturated rings. The number of carbonyl (C=O) groups excluding carboxylic acids is 1. The minimum atomic E-state index is -0.347. The monoisotopic (exact) mass is 425 g/mol. The predicted octanol–water partition coefficient (Wildman–Crippen LogP) is 5.32. The number of rotatable bonds is 7. The number of nitrogens with zero attached hydrogens (tertiary/aromatic N) is 2. The molecule has 7 nitrogen and oxygen atoms in total. The normalized spacial score (nSPS) is 10.7. The van der Waals surface area contributed by atoms with Gasteiger partial charge in [0.05, 0.1) is 12.2 Å². The summed E-state index contributed by atoms with van der Waals surface area (Å²) in [5.74, 6) is 0.844. The van der Waals surface area contributed by atoms with Crippen LogP contribution in [-0.4, -0.2) is 22.5 Å². The van der Waals surface area contributed by atoms with Crippen LogP contribution in [0.3, 0.4) is 0 Å². The number of aromatic nitrogens is 2. The lowest BCUT2D eigenvalue weighted by Crippen LogP contribution is -2.10. The van der Waals surface area contributed by atoms with Crippen molar-refractivity contribution in [1.82, 2.24) is 9.97 Å². The SMILES string of the molecule is Cc1ccc(Nc2ncnc(Nc3ccc(C(=O)OCC(C)C)cc3)c2N)cc1Cl. The zero-order valence-electron chi connectivity index (χ0n) is 17.1. The molecular weight excluding hydrogens is 402 g/mol. The van der Waals surface area contributed by atoms with E-state index < -0.39 is 0 Å². The lowest BCUT2D eigenvalue weighted by Gasteiger charge is -2.13. The smallest absolute Gasteiger partial charge is 0.338 e. The lowest BCUT2D eigenvalue weighted by molar-refractivity contribution is 0.0459. The van der Waals surface area contributed by atoms with Gasteiger partial charge in [0, 0.05) is 16.4 Å². The Bertz CT molecular complexity index is 1040. The van der Waals surface area contributed by atoms with Crippen molar-refractivity contribution in [3.63, 3.8) is 0 Å². The Balaban J connectivity index is 1.72. The maximum atomic E-state index is 12.0. The van der Waals surface area contributed by atoms with Gasteiger partial charge >= 0.3 is 5.97 Å². The number of halogens is 1. The quantitative estimate of drug-likeness (QED) is 0.440. The number of benzene rings is 2. The molecule has 0 atom stereocenters. The molecule has 0 bridgehead atoms. The van der Waals surface area contributed by atoms with Crippen LogP contribution in [0.1, 0.15) is 29.8 Å². The summed E-state index contributed by atoms with van der Waals surface area (Å²) >= 11 is 6.18. The van der Waals surface area contributed by atoms with Crippen molar-refractivity contribution in [3.8, 4) is 0 Å². The highest BCUT2D eigenvalue weighted by atomic mass is 35.5. The van der Waals surface area contributed by atoms with Crippen LogP contribution in [0.15, 0.2) is 48.8 Å². The van der Waals surface area contributed by atoms with E-state index in [0.717, 1.165) is 16.9 Å². The summed E-state index contributed by atoms with van der Waals surface area (Å²) in [4.78, 5) is 20.5. The van der Waals surface area contributed by atoms with Gasteiger partial charge < -0.3 is 21.1 Å². The number of carbonyl (C=O) groups is 1. The van der Waals surface area contributed by atoms with Gasteiger partial charge in [0.15, 0.2) is 11.6 Å². The zero-order chi connectivity index (χ0) is 21.7. The van der Waals surface area contributed by atoms with Crippen LogP contribution in [0, 0.1) is 12.8 Å². The van der Waals surface area contributed by atoms with Crippen molar-refractivity contribution >= 4 is 46.3 Å². The third kappa shape index (κ3) is 5.39. The second-order valence-corrected chi connectivity index (χ2v) is 7.68. The molecule has 30 heavy (non-hydrogen) atoms. The number of nitrogens with one attached hydrogen (secondary N) is 2. The van der Waals surface area contributed by atoms with Crippen LogP contribution in [0.4, 0.5) is 28.7 Å². The van der Waals surface area contributed by atoms with E-state index in [-0.39, 0.29) is 11.9 Å². The lowest BCUT2D eigenvalue weighted by atomic mass is 10.2. The molecular formula is C22H24ClN5O2. The van der Waals surface area contributed by atoms with Crippen LogP contribution < -0.4 is 16.4 Å². The molecule has 3 rings (SSSR count). The summed E-state index contributed by atoms with van der Waals surface area (Å²) in [5.41, 5.74) is 9.55. The summed E-state index contributed by atoms with van der Waals surface area (Å²) < 4.78 is 5.24. The molecule has 3 aromatic rings. The van der Waals surface area contributed by atoms with Crippen molar-refractivity contribution < 1.29 is 9.53 Å². The Morgan fingerprint density at radius 2 is 1.67 bits per heavy atom. The van der Waals surface area contributed by atoms with Gasteiger partial charge in [0.2, 0.25) is 0 Å². The number of nitrogen functional groups attached to an aromatic ring is 1. The van der Waals surface area contributed by atoms with E-state index in [1.54, 1.807) is 24.3 Å². The summed E-state index contributed by atoms with van der Waals surface area (Å²) in [7, 11) is 0. The molecule has 0 saturated carbocycles.